The van der Waals surface area contributed by atoms with Crippen LogP contribution in [0.15, 0.2) is 0 Å². The minimum absolute atomic E-state index is 0.264. The summed E-state index contributed by atoms with van der Waals surface area (Å²) in [6, 6.07) is 0. The first-order chi connectivity index (χ1) is 9.06. The monoisotopic (exact) mass is 272 g/mol. The van der Waals surface area contributed by atoms with Gasteiger partial charge >= 0.3 is 5.97 Å². The van der Waals surface area contributed by atoms with Crippen LogP contribution in [-0.2, 0) is 4.79 Å². The fourth-order valence-corrected chi connectivity index (χ4v) is 2.26. The van der Waals surface area contributed by atoms with Crippen LogP contribution in [0.5, 0.6) is 0 Å². The normalized spacial score (nSPS) is 14.3. The van der Waals surface area contributed by atoms with Crippen molar-refractivity contribution in [2.24, 2.45) is 5.41 Å². The maximum absolute atomic E-state index is 11.0. The second kappa shape index (κ2) is 11.3. The second-order valence-corrected chi connectivity index (χ2v) is 5.96. The van der Waals surface area contributed by atoms with Crippen LogP contribution in [-0.4, -0.2) is 22.8 Å². The van der Waals surface area contributed by atoms with Crippen molar-refractivity contribution in [1.82, 2.24) is 0 Å². The summed E-state index contributed by atoms with van der Waals surface area (Å²) < 4.78 is 0. The zero-order valence-corrected chi connectivity index (χ0v) is 12.8. The van der Waals surface area contributed by atoms with Gasteiger partial charge in [0.05, 0.1) is 12.0 Å². The number of carboxylic acid groups (broad SMARTS) is 1. The Morgan fingerprint density at radius 3 is 1.68 bits per heavy atom. The van der Waals surface area contributed by atoms with Gasteiger partial charge in [0, 0.05) is 0 Å². The molecule has 0 radical (unpaired) electrons. The van der Waals surface area contributed by atoms with Gasteiger partial charge in [0.2, 0.25) is 0 Å². The van der Waals surface area contributed by atoms with Crippen molar-refractivity contribution in [1.29, 1.82) is 0 Å². The molecule has 0 rings (SSSR count). The summed E-state index contributed by atoms with van der Waals surface area (Å²) in [7, 11) is 0. The molecule has 2 N–H and O–H groups in total. The molecule has 0 aliphatic heterocycles. The van der Waals surface area contributed by atoms with E-state index in [0.29, 0.717) is 6.42 Å². The smallest absolute Gasteiger partial charge is 0.311 e. The Morgan fingerprint density at radius 2 is 1.32 bits per heavy atom. The minimum Gasteiger partial charge on any atom is -0.481 e. The lowest BCUT2D eigenvalue weighted by Crippen LogP contribution is -2.31. The third kappa shape index (κ3) is 9.04. The average molecular weight is 272 g/mol. The minimum atomic E-state index is -0.944. The van der Waals surface area contributed by atoms with Crippen molar-refractivity contribution in [3.63, 3.8) is 0 Å². The summed E-state index contributed by atoms with van der Waals surface area (Å²) in [5.41, 5.74) is -0.944. The number of carboxylic acids is 1. The Bertz CT molecular complexity index is 228. The fourth-order valence-electron chi connectivity index (χ4n) is 2.26. The molecule has 0 heterocycles. The van der Waals surface area contributed by atoms with Gasteiger partial charge in [-0.3, -0.25) is 4.79 Å². The van der Waals surface area contributed by atoms with Crippen LogP contribution in [0, 0.1) is 5.41 Å². The predicted molar refractivity (Wildman–Crippen MR) is 79.3 cm³/mol. The first-order valence-electron chi connectivity index (χ1n) is 7.91. The molecule has 3 nitrogen and oxygen atoms in total. The lowest BCUT2D eigenvalue weighted by molar-refractivity contribution is -0.150. The Labute approximate surface area is 118 Å². The number of hydrogen-bond acceptors (Lipinski definition) is 2. The molecule has 0 spiro atoms. The SMILES string of the molecule is CCCCCCCCCCCCC(C)(CO)C(=O)O. The summed E-state index contributed by atoms with van der Waals surface area (Å²) in [6.07, 6.45) is 13.0. The number of hydrogen-bond donors (Lipinski definition) is 2. The van der Waals surface area contributed by atoms with Crippen LogP contribution in [0.2, 0.25) is 0 Å². The van der Waals surface area contributed by atoms with E-state index in [4.69, 9.17) is 10.2 Å². The Balaban J connectivity index is 3.38. The summed E-state index contributed by atoms with van der Waals surface area (Å²) >= 11 is 0. The molecule has 0 aliphatic rings. The van der Waals surface area contributed by atoms with Gasteiger partial charge in [-0.15, -0.1) is 0 Å². The van der Waals surface area contributed by atoms with Crippen LogP contribution >= 0.6 is 0 Å². The quantitative estimate of drug-likeness (QED) is 0.489. The number of aliphatic carboxylic acids is 1. The molecular formula is C16H32O3. The van der Waals surface area contributed by atoms with E-state index in [9.17, 15) is 4.79 Å². The van der Waals surface area contributed by atoms with Crippen molar-refractivity contribution in [3.8, 4) is 0 Å². The van der Waals surface area contributed by atoms with Crippen LogP contribution < -0.4 is 0 Å². The molecule has 0 bridgehead atoms. The topological polar surface area (TPSA) is 57.5 Å². The highest BCUT2D eigenvalue weighted by atomic mass is 16.4. The molecule has 0 saturated heterocycles. The largest absolute Gasteiger partial charge is 0.481 e. The van der Waals surface area contributed by atoms with Crippen molar-refractivity contribution in [2.75, 3.05) is 6.61 Å². The van der Waals surface area contributed by atoms with E-state index in [0.717, 1.165) is 12.8 Å². The van der Waals surface area contributed by atoms with E-state index >= 15 is 0 Å². The Kier molecular flexibility index (Phi) is 10.9. The van der Waals surface area contributed by atoms with E-state index in [1.165, 1.54) is 51.4 Å². The number of carbonyl (C=O) groups is 1. The van der Waals surface area contributed by atoms with Gasteiger partial charge in [-0.1, -0.05) is 71.1 Å². The van der Waals surface area contributed by atoms with Gasteiger partial charge in [0.25, 0.3) is 0 Å². The average Bonchev–Trinajstić information content (AvgIpc) is 2.40. The highest BCUT2D eigenvalue weighted by Crippen LogP contribution is 2.24. The van der Waals surface area contributed by atoms with E-state index in [2.05, 4.69) is 6.92 Å². The summed E-state index contributed by atoms with van der Waals surface area (Å²) in [5.74, 6) is -0.883. The molecule has 1 atom stereocenters. The molecule has 0 amide bonds. The predicted octanol–water partition coefficient (Wildman–Crippen LogP) is 4.38. The van der Waals surface area contributed by atoms with E-state index in [-0.39, 0.29) is 6.61 Å². The van der Waals surface area contributed by atoms with E-state index < -0.39 is 11.4 Å². The van der Waals surface area contributed by atoms with Crippen LogP contribution in [0.4, 0.5) is 0 Å². The highest BCUT2D eigenvalue weighted by molar-refractivity contribution is 5.74. The molecule has 114 valence electrons. The molecule has 0 saturated carbocycles. The molecule has 0 fully saturated rings. The molecule has 0 aromatic heterocycles. The van der Waals surface area contributed by atoms with Crippen molar-refractivity contribution >= 4 is 5.97 Å². The fraction of sp³-hybridized carbons (Fsp3) is 0.938. The maximum atomic E-state index is 11.0. The van der Waals surface area contributed by atoms with E-state index in [1.807, 2.05) is 0 Å². The van der Waals surface area contributed by atoms with Crippen LogP contribution in [0.3, 0.4) is 0 Å². The summed E-state index contributed by atoms with van der Waals surface area (Å²) in [6.45, 7) is 3.60. The van der Waals surface area contributed by atoms with Gasteiger partial charge in [-0.25, -0.2) is 0 Å². The highest BCUT2D eigenvalue weighted by Gasteiger charge is 2.31. The third-order valence-corrected chi connectivity index (χ3v) is 3.95. The zero-order chi connectivity index (χ0) is 14.6. The van der Waals surface area contributed by atoms with Crippen molar-refractivity contribution in [2.45, 2.75) is 84.5 Å². The lowest BCUT2D eigenvalue weighted by Gasteiger charge is -2.21. The Hall–Kier alpha value is -0.570. The number of aliphatic hydroxyl groups excluding tert-OH is 1. The van der Waals surface area contributed by atoms with E-state index in [1.54, 1.807) is 6.92 Å². The van der Waals surface area contributed by atoms with Crippen LogP contribution in [0.1, 0.15) is 84.5 Å². The molecule has 3 heteroatoms. The maximum Gasteiger partial charge on any atom is 0.311 e. The first-order valence-corrected chi connectivity index (χ1v) is 7.91. The van der Waals surface area contributed by atoms with Gasteiger partial charge in [0.15, 0.2) is 0 Å². The molecular weight excluding hydrogens is 240 g/mol. The van der Waals surface area contributed by atoms with Gasteiger partial charge in [-0.05, 0) is 13.3 Å². The third-order valence-electron chi connectivity index (χ3n) is 3.95. The van der Waals surface area contributed by atoms with Crippen molar-refractivity contribution in [3.05, 3.63) is 0 Å². The van der Waals surface area contributed by atoms with Crippen LogP contribution in [0.25, 0.3) is 0 Å². The molecule has 1 unspecified atom stereocenters. The number of unbranched alkanes of at least 4 members (excludes halogenated alkanes) is 9. The first kappa shape index (κ1) is 18.4. The standard InChI is InChI=1S/C16H32O3/c1-3-4-5-6-7-8-9-10-11-12-13-16(2,14-17)15(18)19/h17H,3-14H2,1-2H3,(H,18,19). The molecule has 19 heavy (non-hydrogen) atoms. The number of rotatable bonds is 13. The molecule has 0 aromatic carbocycles. The zero-order valence-electron chi connectivity index (χ0n) is 12.8. The lowest BCUT2D eigenvalue weighted by atomic mass is 9.85. The van der Waals surface area contributed by atoms with Crippen molar-refractivity contribution < 1.29 is 15.0 Å². The molecule has 0 aromatic rings. The Morgan fingerprint density at radius 1 is 0.895 bits per heavy atom. The second-order valence-electron chi connectivity index (χ2n) is 5.96. The van der Waals surface area contributed by atoms with Gasteiger partial charge < -0.3 is 10.2 Å². The number of aliphatic hydroxyl groups is 1. The summed E-state index contributed by atoms with van der Waals surface area (Å²) in [4.78, 5) is 11.0. The van der Waals surface area contributed by atoms with Gasteiger partial charge in [0.1, 0.15) is 0 Å². The summed E-state index contributed by atoms with van der Waals surface area (Å²) in [5, 5.41) is 18.1. The molecule has 0 aliphatic carbocycles. The van der Waals surface area contributed by atoms with Gasteiger partial charge in [-0.2, -0.15) is 0 Å².